The maximum Gasteiger partial charge on any atom is 0.0721 e. The van der Waals surface area contributed by atoms with Gasteiger partial charge in [0.1, 0.15) is 0 Å². The molecule has 20 heavy (non-hydrogen) atoms. The summed E-state index contributed by atoms with van der Waals surface area (Å²) in [4.78, 5) is 0. The molecule has 0 atom stereocenters. The van der Waals surface area contributed by atoms with E-state index < -0.39 is 0 Å². The van der Waals surface area contributed by atoms with E-state index in [9.17, 15) is 0 Å². The second-order valence-corrected chi connectivity index (χ2v) is 4.64. The molecule has 1 radical (unpaired) electrons. The molecule has 0 N–H and O–H groups in total. The van der Waals surface area contributed by atoms with Crippen LogP contribution in [0.15, 0.2) is 54.7 Å². The number of rotatable bonds is 2. The largest absolute Gasteiger partial charge is 0.258 e. The van der Waals surface area contributed by atoms with Gasteiger partial charge in [-0.3, -0.25) is 4.68 Å². The Morgan fingerprint density at radius 3 is 2.35 bits per heavy atom. The van der Waals surface area contributed by atoms with Crippen molar-refractivity contribution in [2.75, 3.05) is 0 Å². The zero-order valence-electron chi connectivity index (χ0n) is 11.4. The van der Waals surface area contributed by atoms with Crippen LogP contribution in [0.25, 0.3) is 16.9 Å². The summed E-state index contributed by atoms with van der Waals surface area (Å²) in [6.45, 7) is 4.27. The van der Waals surface area contributed by atoms with Crippen molar-refractivity contribution in [3.63, 3.8) is 0 Å². The molecule has 0 saturated heterocycles. The minimum atomic E-state index is 0. The maximum absolute atomic E-state index is 4.43. The van der Waals surface area contributed by atoms with Crippen LogP contribution >= 0.6 is 0 Å². The fourth-order valence-electron chi connectivity index (χ4n) is 2.42. The van der Waals surface area contributed by atoms with Gasteiger partial charge < -0.3 is 0 Å². The van der Waals surface area contributed by atoms with Gasteiger partial charge in [0, 0.05) is 31.9 Å². The van der Waals surface area contributed by atoms with Crippen LogP contribution in [-0.4, -0.2) is 9.78 Å². The van der Waals surface area contributed by atoms with E-state index in [0.29, 0.717) is 0 Å². The summed E-state index contributed by atoms with van der Waals surface area (Å²) in [7, 11) is 0. The van der Waals surface area contributed by atoms with Gasteiger partial charge in [0.05, 0.1) is 5.69 Å². The maximum atomic E-state index is 4.43. The SMILES string of the molecule is Cc1cccc(C)c1-c1ccnn1-c1[c-]cccc1.[Ir]. The molecule has 0 spiro atoms. The molecule has 0 fully saturated rings. The van der Waals surface area contributed by atoms with Gasteiger partial charge in [-0.1, -0.05) is 18.2 Å². The molecule has 3 aromatic rings. The summed E-state index contributed by atoms with van der Waals surface area (Å²) in [5.41, 5.74) is 5.84. The molecule has 1 heterocycles. The molecule has 0 bridgehead atoms. The molecule has 0 unspecified atom stereocenters. The third-order valence-corrected chi connectivity index (χ3v) is 3.30. The van der Waals surface area contributed by atoms with E-state index in [1.54, 1.807) is 0 Å². The van der Waals surface area contributed by atoms with Crippen LogP contribution in [0.5, 0.6) is 0 Å². The third kappa shape index (κ3) is 2.60. The Bertz CT molecular complexity index is 682. The van der Waals surface area contributed by atoms with E-state index in [-0.39, 0.29) is 20.1 Å². The number of benzene rings is 2. The Morgan fingerprint density at radius 1 is 0.950 bits per heavy atom. The van der Waals surface area contributed by atoms with Crippen LogP contribution in [0, 0.1) is 19.9 Å². The van der Waals surface area contributed by atoms with Crippen LogP contribution in [0.3, 0.4) is 0 Å². The average Bonchev–Trinajstić information content (AvgIpc) is 2.89. The van der Waals surface area contributed by atoms with Gasteiger partial charge in [-0.15, -0.1) is 6.07 Å². The van der Waals surface area contributed by atoms with Crippen molar-refractivity contribution in [2.45, 2.75) is 13.8 Å². The zero-order chi connectivity index (χ0) is 13.2. The molecule has 0 saturated carbocycles. The fraction of sp³-hybridized carbons (Fsp3) is 0.118. The van der Waals surface area contributed by atoms with E-state index in [0.717, 1.165) is 11.4 Å². The topological polar surface area (TPSA) is 17.8 Å². The van der Waals surface area contributed by atoms with Crippen LogP contribution < -0.4 is 0 Å². The second-order valence-electron chi connectivity index (χ2n) is 4.64. The van der Waals surface area contributed by atoms with E-state index in [2.05, 4.69) is 49.3 Å². The summed E-state index contributed by atoms with van der Waals surface area (Å²) < 4.78 is 1.94. The zero-order valence-corrected chi connectivity index (χ0v) is 13.8. The van der Waals surface area contributed by atoms with Crippen molar-refractivity contribution in [3.05, 3.63) is 71.9 Å². The van der Waals surface area contributed by atoms with Crippen molar-refractivity contribution in [3.8, 4) is 16.9 Å². The molecule has 3 heteroatoms. The smallest absolute Gasteiger partial charge is 0.0721 e. The Labute approximate surface area is 132 Å². The first kappa shape index (κ1) is 14.7. The minimum absolute atomic E-state index is 0. The van der Waals surface area contributed by atoms with Crippen LogP contribution in [-0.2, 0) is 20.1 Å². The fourth-order valence-corrected chi connectivity index (χ4v) is 2.42. The second kappa shape index (κ2) is 6.17. The minimum Gasteiger partial charge on any atom is -0.258 e. The quantitative estimate of drug-likeness (QED) is 0.553. The van der Waals surface area contributed by atoms with Crippen molar-refractivity contribution < 1.29 is 20.1 Å². The first-order valence-electron chi connectivity index (χ1n) is 6.35. The number of hydrogen-bond donors (Lipinski definition) is 0. The molecule has 1 aromatic heterocycles. The molecular formula is C17H15IrN2-. The van der Waals surface area contributed by atoms with Crippen LogP contribution in [0.2, 0.25) is 0 Å². The van der Waals surface area contributed by atoms with E-state index in [1.165, 1.54) is 16.7 Å². The Kier molecular flexibility index (Phi) is 4.53. The van der Waals surface area contributed by atoms with E-state index >= 15 is 0 Å². The number of hydrogen-bond acceptors (Lipinski definition) is 1. The molecule has 0 amide bonds. The van der Waals surface area contributed by atoms with Crippen molar-refractivity contribution >= 4 is 0 Å². The van der Waals surface area contributed by atoms with Crippen molar-refractivity contribution in [2.24, 2.45) is 0 Å². The van der Waals surface area contributed by atoms with Gasteiger partial charge in [-0.05, 0) is 36.7 Å². The summed E-state index contributed by atoms with van der Waals surface area (Å²) in [5, 5.41) is 4.43. The van der Waals surface area contributed by atoms with Gasteiger partial charge in [0.2, 0.25) is 0 Å². The first-order valence-corrected chi connectivity index (χ1v) is 6.35. The Morgan fingerprint density at radius 2 is 1.70 bits per heavy atom. The summed E-state index contributed by atoms with van der Waals surface area (Å²) >= 11 is 0. The van der Waals surface area contributed by atoms with E-state index in [4.69, 9.17) is 0 Å². The van der Waals surface area contributed by atoms with Gasteiger partial charge >= 0.3 is 0 Å². The predicted octanol–water partition coefficient (Wildman–Crippen LogP) is 3.95. The van der Waals surface area contributed by atoms with Gasteiger partial charge in [-0.25, -0.2) is 0 Å². The van der Waals surface area contributed by atoms with E-state index in [1.807, 2.05) is 35.1 Å². The van der Waals surface area contributed by atoms with Crippen molar-refractivity contribution in [1.82, 2.24) is 9.78 Å². The van der Waals surface area contributed by atoms with Crippen LogP contribution in [0.4, 0.5) is 0 Å². The standard InChI is InChI=1S/C17H15N2.Ir/c1-13-7-6-8-14(2)17(13)16-11-12-18-19(16)15-9-4-3-5-10-15;/h3-9,11-12H,1-2H3;/q-1;. The Hall–Kier alpha value is -1.70. The average molecular weight is 440 g/mol. The summed E-state index contributed by atoms with van der Waals surface area (Å²) in [5.74, 6) is 0. The summed E-state index contributed by atoms with van der Waals surface area (Å²) in [6, 6.07) is 19.5. The van der Waals surface area contributed by atoms with Gasteiger partial charge in [0.25, 0.3) is 0 Å². The summed E-state index contributed by atoms with van der Waals surface area (Å²) in [6.07, 6.45) is 1.84. The molecule has 2 nitrogen and oxygen atoms in total. The molecule has 2 aromatic carbocycles. The van der Waals surface area contributed by atoms with Crippen molar-refractivity contribution in [1.29, 1.82) is 0 Å². The molecular weight excluding hydrogens is 424 g/mol. The molecule has 0 aliphatic rings. The number of aryl methyl sites for hydroxylation is 2. The number of para-hydroxylation sites is 1. The molecule has 3 rings (SSSR count). The van der Waals surface area contributed by atoms with Crippen LogP contribution in [0.1, 0.15) is 11.1 Å². The molecule has 103 valence electrons. The number of nitrogens with zero attached hydrogens (tertiary/aromatic N) is 2. The molecule has 0 aliphatic heterocycles. The molecule has 0 aliphatic carbocycles. The Balaban J connectivity index is 0.00000147. The number of aromatic nitrogens is 2. The third-order valence-electron chi connectivity index (χ3n) is 3.30. The predicted molar refractivity (Wildman–Crippen MR) is 77.3 cm³/mol. The normalized spacial score (nSPS) is 10.1. The first-order chi connectivity index (χ1) is 9.27. The van der Waals surface area contributed by atoms with Gasteiger partial charge in [0.15, 0.2) is 0 Å². The van der Waals surface area contributed by atoms with Gasteiger partial charge in [-0.2, -0.15) is 29.4 Å². The monoisotopic (exact) mass is 440 g/mol.